The van der Waals surface area contributed by atoms with Crippen LogP contribution in [0.1, 0.15) is 93.6 Å². The third-order valence-corrected chi connectivity index (χ3v) is 11.0. The lowest BCUT2D eigenvalue weighted by Gasteiger charge is -2.28. The zero-order valence-electron chi connectivity index (χ0n) is 33.4. The number of aromatic nitrogens is 4. The van der Waals surface area contributed by atoms with E-state index in [1.54, 1.807) is 6.20 Å². The van der Waals surface area contributed by atoms with Crippen LogP contribution in [-0.2, 0) is 36.7 Å². The molecule has 2 aliphatic heterocycles. The van der Waals surface area contributed by atoms with E-state index < -0.39 is 35.6 Å². The second-order valence-corrected chi connectivity index (χ2v) is 15.9. The van der Waals surface area contributed by atoms with Crippen molar-refractivity contribution in [3.63, 3.8) is 0 Å². The number of likely N-dealkylation sites (N-methyl/N-ethyl adjacent to an activating group) is 1. The van der Waals surface area contributed by atoms with Crippen molar-refractivity contribution in [2.75, 3.05) is 57.2 Å². The number of H-pyrrole nitrogens is 1. The Labute approximate surface area is 341 Å². The summed E-state index contributed by atoms with van der Waals surface area (Å²) in [6.07, 6.45) is 6.97. The first-order chi connectivity index (χ1) is 28.4. The second-order valence-electron chi connectivity index (χ2n) is 15.9. The Hall–Kier alpha value is -6.04. The highest BCUT2D eigenvalue weighted by Crippen LogP contribution is 2.35. The normalized spacial score (nSPS) is 17.8. The Morgan fingerprint density at radius 1 is 0.966 bits per heavy atom. The van der Waals surface area contributed by atoms with Crippen molar-refractivity contribution in [3.05, 3.63) is 94.6 Å². The molecule has 0 radical (unpaired) electrons. The van der Waals surface area contributed by atoms with Gasteiger partial charge in [0.1, 0.15) is 12.6 Å². The first-order valence-corrected chi connectivity index (χ1v) is 19.8. The summed E-state index contributed by atoms with van der Waals surface area (Å²) in [5, 5.41) is 19.9. The molecular formula is C42H49N9O8. The molecule has 17 heteroatoms. The summed E-state index contributed by atoms with van der Waals surface area (Å²) in [6, 6.07) is 13.4. The smallest absolute Gasteiger partial charge is 0.276 e. The molecule has 0 spiro atoms. The molecule has 4 N–H and O–H groups in total. The minimum Gasteiger partial charge on any atom is -0.378 e. The molecule has 3 aliphatic rings. The number of benzene rings is 2. The van der Waals surface area contributed by atoms with Gasteiger partial charge in [0, 0.05) is 37.0 Å². The van der Waals surface area contributed by atoms with Crippen molar-refractivity contribution in [1.82, 2.24) is 35.1 Å². The lowest BCUT2D eigenvalue weighted by atomic mass is 9.76. The van der Waals surface area contributed by atoms with Crippen LogP contribution in [0.25, 0.3) is 0 Å². The third kappa shape index (κ3) is 9.48. The number of nitrogens with one attached hydrogen (secondary N) is 4. The van der Waals surface area contributed by atoms with Crippen LogP contribution >= 0.6 is 0 Å². The van der Waals surface area contributed by atoms with Gasteiger partial charge in [-0.25, -0.2) is 0 Å². The van der Waals surface area contributed by atoms with Crippen molar-refractivity contribution < 1.29 is 38.2 Å². The lowest BCUT2D eigenvalue weighted by Crippen LogP contribution is -2.54. The molecule has 1 fully saturated rings. The van der Waals surface area contributed by atoms with E-state index in [4.69, 9.17) is 9.47 Å². The molecule has 4 heterocycles. The maximum atomic E-state index is 13.3. The highest BCUT2D eigenvalue weighted by atomic mass is 16.5. The van der Waals surface area contributed by atoms with Gasteiger partial charge in [-0.2, -0.15) is 10.2 Å². The number of carbonyl (C=O) groups is 6. The number of carbonyl (C=O) groups excluding carboxylic acids is 6. The molecule has 2 aromatic heterocycles. The topological polar surface area (TPSA) is 210 Å². The molecule has 2 atom stereocenters. The van der Waals surface area contributed by atoms with Gasteiger partial charge in [-0.05, 0) is 62.3 Å². The number of hydrogen-bond acceptors (Lipinski definition) is 11. The number of piperidine rings is 1. The summed E-state index contributed by atoms with van der Waals surface area (Å²) < 4.78 is 13.1. The second kappa shape index (κ2) is 17.8. The number of anilines is 2. The maximum absolute atomic E-state index is 13.3. The fourth-order valence-electron chi connectivity index (χ4n) is 7.79. The van der Waals surface area contributed by atoms with Gasteiger partial charge < -0.3 is 25.0 Å². The molecular weight excluding hydrogens is 759 g/mol. The van der Waals surface area contributed by atoms with Gasteiger partial charge in [0.25, 0.3) is 17.7 Å². The molecule has 1 unspecified atom stereocenters. The quantitative estimate of drug-likeness (QED) is 0.0898. The predicted molar refractivity (Wildman–Crippen MR) is 215 cm³/mol. The number of ether oxygens (including phenoxy) is 2. The Balaban J connectivity index is 0.831. The number of amides is 6. The molecule has 2 aromatic carbocycles. The largest absolute Gasteiger partial charge is 0.378 e. The molecule has 1 saturated heterocycles. The van der Waals surface area contributed by atoms with Crippen LogP contribution in [0.4, 0.5) is 11.4 Å². The van der Waals surface area contributed by atoms with Gasteiger partial charge in [0.15, 0.2) is 5.69 Å². The van der Waals surface area contributed by atoms with Crippen LogP contribution in [0, 0.1) is 5.41 Å². The van der Waals surface area contributed by atoms with Crippen LogP contribution in [0.15, 0.2) is 60.9 Å². The molecule has 4 aromatic rings. The van der Waals surface area contributed by atoms with Gasteiger partial charge in [0.05, 0.1) is 54.6 Å². The minimum atomic E-state index is -1.11. The first-order valence-electron chi connectivity index (χ1n) is 19.8. The van der Waals surface area contributed by atoms with Crippen molar-refractivity contribution in [2.45, 2.75) is 64.5 Å². The number of hydrogen-bond donors (Lipinski definition) is 4. The van der Waals surface area contributed by atoms with Crippen LogP contribution < -0.4 is 16.0 Å². The SMILES string of the molecule is CN(CCOCCOCC(=O)Nc1cccc2c1C(=O)N(C1CCC(=O)NC1=O)C2=O)CC[C@@H](c1ccccc1)n1cc(NC(=O)c2n[nH]c3c2CCC(C)(C)C3)cn1. The van der Waals surface area contributed by atoms with Gasteiger partial charge >= 0.3 is 0 Å². The fourth-order valence-corrected chi connectivity index (χ4v) is 7.79. The van der Waals surface area contributed by atoms with Crippen LogP contribution in [-0.4, -0.2) is 118 Å². The Morgan fingerprint density at radius 2 is 1.76 bits per heavy atom. The number of rotatable bonds is 17. The molecule has 0 bridgehead atoms. The van der Waals surface area contributed by atoms with Gasteiger partial charge in [-0.15, -0.1) is 0 Å². The molecule has 59 heavy (non-hydrogen) atoms. The molecule has 6 amide bonds. The first kappa shape index (κ1) is 41.1. The predicted octanol–water partition coefficient (Wildman–Crippen LogP) is 3.36. The number of imide groups is 2. The highest BCUT2D eigenvalue weighted by molar-refractivity contribution is 6.26. The fraction of sp³-hybridized carbons (Fsp3) is 0.429. The van der Waals surface area contributed by atoms with E-state index in [0.29, 0.717) is 24.5 Å². The van der Waals surface area contributed by atoms with Crippen LogP contribution in [0.5, 0.6) is 0 Å². The minimum absolute atomic E-state index is 0.00666. The van der Waals surface area contributed by atoms with Crippen LogP contribution in [0.2, 0.25) is 0 Å². The standard InChI is InChI=1S/C42H49N9O8/c1-42(2)16-14-28-31(22-42)47-48-37(28)39(55)44-27-23-43-50(24-27)32(26-8-5-4-6-9-26)15-17-49(3)18-19-58-20-21-59-25-35(53)45-30-11-7-10-29-36(30)41(57)51(40(29)56)33-12-13-34(52)46-38(33)54/h4-11,23-24,32-33H,12-22,25H2,1-3H3,(H,44,55)(H,45,53)(H,47,48)(H,46,52,54)/t32-,33?/m0/s1. The number of fused-ring (bicyclic) bond motifs is 2. The van der Waals surface area contributed by atoms with E-state index in [9.17, 15) is 28.8 Å². The van der Waals surface area contributed by atoms with E-state index >= 15 is 0 Å². The summed E-state index contributed by atoms with van der Waals surface area (Å²) in [7, 11) is 2.01. The third-order valence-electron chi connectivity index (χ3n) is 11.0. The molecule has 17 nitrogen and oxygen atoms in total. The Bertz CT molecular complexity index is 2230. The van der Waals surface area contributed by atoms with Gasteiger partial charge in [0.2, 0.25) is 17.7 Å². The number of aromatic amines is 1. The lowest BCUT2D eigenvalue weighted by molar-refractivity contribution is -0.136. The van der Waals surface area contributed by atoms with Crippen molar-refractivity contribution in [1.29, 1.82) is 0 Å². The number of nitrogens with zero attached hydrogens (tertiary/aromatic N) is 5. The van der Waals surface area contributed by atoms with E-state index in [-0.39, 0.29) is 66.8 Å². The van der Waals surface area contributed by atoms with Crippen molar-refractivity contribution in [3.8, 4) is 0 Å². The highest BCUT2D eigenvalue weighted by Gasteiger charge is 2.45. The van der Waals surface area contributed by atoms with Gasteiger partial charge in [-0.1, -0.05) is 50.2 Å². The van der Waals surface area contributed by atoms with Crippen LogP contribution in [0.3, 0.4) is 0 Å². The molecule has 0 saturated carbocycles. The summed E-state index contributed by atoms with van der Waals surface area (Å²) in [4.78, 5) is 79.3. The van der Waals surface area contributed by atoms with Crippen molar-refractivity contribution >= 4 is 46.8 Å². The zero-order chi connectivity index (χ0) is 41.7. The van der Waals surface area contributed by atoms with E-state index in [1.165, 1.54) is 18.2 Å². The average molecular weight is 808 g/mol. The molecule has 1 aliphatic carbocycles. The average Bonchev–Trinajstić information content (AvgIpc) is 3.91. The summed E-state index contributed by atoms with van der Waals surface area (Å²) in [6.45, 7) is 6.37. The Kier molecular flexibility index (Phi) is 12.4. The van der Waals surface area contributed by atoms with E-state index in [0.717, 1.165) is 53.9 Å². The molecule has 7 rings (SSSR count). The summed E-state index contributed by atoms with van der Waals surface area (Å²) in [5.41, 5.74) is 4.52. The molecule has 310 valence electrons. The van der Waals surface area contributed by atoms with E-state index in [1.807, 2.05) is 36.1 Å². The summed E-state index contributed by atoms with van der Waals surface area (Å²) in [5.74, 6) is -3.32. The van der Waals surface area contributed by atoms with Crippen molar-refractivity contribution in [2.24, 2.45) is 5.41 Å². The Morgan fingerprint density at radius 3 is 2.56 bits per heavy atom. The monoisotopic (exact) mass is 807 g/mol. The van der Waals surface area contributed by atoms with E-state index in [2.05, 4.69) is 62.1 Å². The maximum Gasteiger partial charge on any atom is 0.276 e. The summed E-state index contributed by atoms with van der Waals surface area (Å²) >= 11 is 0. The van der Waals surface area contributed by atoms with Gasteiger partial charge in [-0.3, -0.25) is 48.8 Å². The zero-order valence-corrected chi connectivity index (χ0v) is 33.4.